The summed E-state index contributed by atoms with van der Waals surface area (Å²) in [5.74, 6) is 0.132. The molecule has 0 saturated heterocycles. The lowest BCUT2D eigenvalue weighted by atomic mass is 9.91. The molecule has 5 heteroatoms. The van der Waals surface area contributed by atoms with E-state index in [4.69, 9.17) is 5.11 Å². The molecule has 0 unspecified atom stereocenters. The highest BCUT2D eigenvalue weighted by atomic mass is 32.2. The Balaban J connectivity index is 2.43. The van der Waals surface area contributed by atoms with Gasteiger partial charge >= 0.3 is 0 Å². The van der Waals surface area contributed by atoms with Crippen LogP contribution in [0.2, 0.25) is 0 Å². The van der Waals surface area contributed by atoms with Crippen LogP contribution >= 0.6 is 0 Å². The molecule has 0 aliphatic heterocycles. The predicted octanol–water partition coefficient (Wildman–Crippen LogP) is 0.475. The molecular formula is C9H19NO3S. The van der Waals surface area contributed by atoms with E-state index in [1.165, 1.54) is 0 Å². The van der Waals surface area contributed by atoms with E-state index < -0.39 is 10.0 Å². The molecule has 0 heterocycles. The monoisotopic (exact) mass is 221 g/mol. The maximum Gasteiger partial charge on any atom is 0.212 e. The molecule has 4 nitrogen and oxygen atoms in total. The molecule has 0 aromatic rings. The van der Waals surface area contributed by atoms with Gasteiger partial charge in [-0.05, 0) is 18.3 Å². The van der Waals surface area contributed by atoms with Crippen LogP contribution in [0.3, 0.4) is 0 Å². The molecule has 0 aromatic carbocycles. The summed E-state index contributed by atoms with van der Waals surface area (Å²) < 4.78 is 25.7. The van der Waals surface area contributed by atoms with E-state index in [2.05, 4.69) is 4.72 Å². The maximum absolute atomic E-state index is 11.6. The van der Waals surface area contributed by atoms with Crippen LogP contribution in [0.4, 0.5) is 0 Å². The fourth-order valence-corrected chi connectivity index (χ4v) is 3.47. The van der Waals surface area contributed by atoms with Gasteiger partial charge in [-0.25, -0.2) is 13.1 Å². The molecule has 0 spiro atoms. The standard InChI is InChI=1S/C9H19NO3S/c1-9(2,3)6-14(12,13)10-7-4-8(11)5-7/h7-8,10-11H,4-6H2,1-3H3. The van der Waals surface area contributed by atoms with Gasteiger partial charge in [0.1, 0.15) is 0 Å². The van der Waals surface area contributed by atoms with E-state index in [0.29, 0.717) is 12.8 Å². The molecule has 1 saturated carbocycles. The van der Waals surface area contributed by atoms with Crippen molar-refractivity contribution in [3.63, 3.8) is 0 Å². The average Bonchev–Trinajstić information content (AvgIpc) is 1.76. The van der Waals surface area contributed by atoms with Crippen LogP contribution in [0, 0.1) is 5.41 Å². The van der Waals surface area contributed by atoms with Crippen LogP contribution < -0.4 is 4.72 Å². The lowest BCUT2D eigenvalue weighted by molar-refractivity contribution is 0.0711. The van der Waals surface area contributed by atoms with Gasteiger partial charge in [0.05, 0.1) is 11.9 Å². The molecule has 0 bridgehead atoms. The van der Waals surface area contributed by atoms with Crippen molar-refractivity contribution < 1.29 is 13.5 Å². The van der Waals surface area contributed by atoms with E-state index in [-0.39, 0.29) is 23.3 Å². The Hall–Kier alpha value is -0.130. The minimum atomic E-state index is -3.18. The Kier molecular flexibility index (Phi) is 3.23. The molecule has 0 aromatic heterocycles. The van der Waals surface area contributed by atoms with Crippen molar-refractivity contribution in [2.75, 3.05) is 5.75 Å². The largest absolute Gasteiger partial charge is 0.393 e. The Morgan fingerprint density at radius 3 is 2.21 bits per heavy atom. The third-order valence-electron chi connectivity index (χ3n) is 2.08. The average molecular weight is 221 g/mol. The van der Waals surface area contributed by atoms with Gasteiger partial charge in [0.25, 0.3) is 0 Å². The van der Waals surface area contributed by atoms with Gasteiger partial charge < -0.3 is 5.11 Å². The number of hydrogen-bond acceptors (Lipinski definition) is 3. The lowest BCUT2D eigenvalue weighted by Gasteiger charge is -2.32. The second kappa shape index (κ2) is 3.79. The zero-order chi connectivity index (χ0) is 11.0. The SMILES string of the molecule is CC(C)(C)CS(=O)(=O)NC1CC(O)C1. The van der Waals surface area contributed by atoms with Crippen LogP contribution in [0.5, 0.6) is 0 Å². The molecule has 1 aliphatic carbocycles. The molecule has 0 amide bonds. The van der Waals surface area contributed by atoms with Crippen LogP contribution in [-0.4, -0.2) is 31.4 Å². The first-order valence-corrected chi connectivity index (χ1v) is 6.51. The fourth-order valence-electron chi connectivity index (χ4n) is 1.55. The molecule has 1 aliphatic rings. The van der Waals surface area contributed by atoms with Gasteiger partial charge in [-0.15, -0.1) is 0 Å². The zero-order valence-corrected chi connectivity index (χ0v) is 9.76. The van der Waals surface area contributed by atoms with Crippen molar-refractivity contribution in [3.05, 3.63) is 0 Å². The number of aliphatic hydroxyl groups is 1. The van der Waals surface area contributed by atoms with Crippen molar-refractivity contribution in [1.29, 1.82) is 0 Å². The van der Waals surface area contributed by atoms with Crippen LogP contribution in [0.25, 0.3) is 0 Å². The van der Waals surface area contributed by atoms with Gasteiger partial charge in [-0.1, -0.05) is 20.8 Å². The smallest absolute Gasteiger partial charge is 0.212 e. The normalized spacial score (nSPS) is 28.6. The molecule has 1 fully saturated rings. The fraction of sp³-hybridized carbons (Fsp3) is 1.00. The van der Waals surface area contributed by atoms with Crippen LogP contribution in [-0.2, 0) is 10.0 Å². The quantitative estimate of drug-likeness (QED) is 0.728. The Bertz CT molecular complexity index is 286. The molecule has 84 valence electrons. The minimum absolute atomic E-state index is 0.0580. The van der Waals surface area contributed by atoms with E-state index in [1.54, 1.807) is 0 Å². The zero-order valence-electron chi connectivity index (χ0n) is 8.95. The number of rotatable bonds is 3. The van der Waals surface area contributed by atoms with Gasteiger partial charge in [0, 0.05) is 6.04 Å². The number of hydrogen-bond donors (Lipinski definition) is 2. The molecule has 1 rings (SSSR count). The number of aliphatic hydroxyl groups excluding tert-OH is 1. The van der Waals surface area contributed by atoms with Gasteiger partial charge in [0.15, 0.2) is 0 Å². The van der Waals surface area contributed by atoms with Crippen LogP contribution in [0.15, 0.2) is 0 Å². The lowest BCUT2D eigenvalue weighted by Crippen LogP contribution is -2.48. The van der Waals surface area contributed by atoms with Crippen molar-refractivity contribution in [1.82, 2.24) is 4.72 Å². The summed E-state index contributed by atoms with van der Waals surface area (Å²) in [6.45, 7) is 5.67. The first kappa shape index (κ1) is 11.9. The summed E-state index contributed by atoms with van der Waals surface area (Å²) in [6, 6.07) is -0.0580. The Morgan fingerprint density at radius 1 is 1.36 bits per heavy atom. The van der Waals surface area contributed by atoms with Gasteiger partial charge in [0.2, 0.25) is 10.0 Å². The van der Waals surface area contributed by atoms with Crippen molar-refractivity contribution >= 4 is 10.0 Å². The molecule has 0 radical (unpaired) electrons. The molecule has 14 heavy (non-hydrogen) atoms. The summed E-state index contributed by atoms with van der Waals surface area (Å²) in [7, 11) is -3.18. The highest BCUT2D eigenvalue weighted by Crippen LogP contribution is 2.22. The third kappa shape index (κ3) is 3.94. The summed E-state index contributed by atoms with van der Waals surface area (Å²) in [5, 5.41) is 9.01. The van der Waals surface area contributed by atoms with Crippen molar-refractivity contribution in [2.24, 2.45) is 5.41 Å². The molecule has 2 N–H and O–H groups in total. The number of sulfonamides is 1. The second-order valence-corrected chi connectivity index (χ2v) is 7.01. The molecular weight excluding hydrogens is 202 g/mol. The predicted molar refractivity (Wildman–Crippen MR) is 55.4 cm³/mol. The third-order valence-corrected chi connectivity index (χ3v) is 4.02. The Morgan fingerprint density at radius 2 is 1.86 bits per heavy atom. The van der Waals surface area contributed by atoms with E-state index >= 15 is 0 Å². The van der Waals surface area contributed by atoms with E-state index in [0.717, 1.165) is 0 Å². The topological polar surface area (TPSA) is 66.4 Å². The first-order chi connectivity index (χ1) is 6.18. The second-order valence-electron chi connectivity index (χ2n) is 5.26. The van der Waals surface area contributed by atoms with E-state index in [9.17, 15) is 8.42 Å². The van der Waals surface area contributed by atoms with Gasteiger partial charge in [-0.3, -0.25) is 0 Å². The summed E-state index contributed by atoms with van der Waals surface area (Å²) >= 11 is 0. The van der Waals surface area contributed by atoms with Crippen molar-refractivity contribution in [3.8, 4) is 0 Å². The first-order valence-electron chi connectivity index (χ1n) is 4.86. The summed E-state index contributed by atoms with van der Waals surface area (Å²) in [5.41, 5.74) is -0.228. The van der Waals surface area contributed by atoms with Crippen molar-refractivity contribution in [2.45, 2.75) is 45.8 Å². The van der Waals surface area contributed by atoms with Gasteiger partial charge in [-0.2, -0.15) is 0 Å². The van der Waals surface area contributed by atoms with E-state index in [1.807, 2.05) is 20.8 Å². The number of nitrogens with one attached hydrogen (secondary N) is 1. The molecule has 0 atom stereocenters. The summed E-state index contributed by atoms with van der Waals surface area (Å²) in [6.07, 6.45) is 0.768. The Labute approximate surface area is 85.8 Å². The minimum Gasteiger partial charge on any atom is -0.393 e. The maximum atomic E-state index is 11.6. The highest BCUT2D eigenvalue weighted by Gasteiger charge is 2.32. The van der Waals surface area contributed by atoms with Crippen LogP contribution in [0.1, 0.15) is 33.6 Å². The summed E-state index contributed by atoms with van der Waals surface area (Å²) in [4.78, 5) is 0. The highest BCUT2D eigenvalue weighted by molar-refractivity contribution is 7.89.